The quantitative estimate of drug-likeness (QED) is 0.619. The molecule has 0 aromatic heterocycles. The van der Waals surface area contributed by atoms with Crippen molar-refractivity contribution in [2.75, 3.05) is 6.54 Å². The zero-order valence-corrected chi connectivity index (χ0v) is 20.4. The van der Waals surface area contributed by atoms with Crippen LogP contribution in [0.4, 0.5) is 0 Å². The Hall–Kier alpha value is -1.71. The summed E-state index contributed by atoms with van der Waals surface area (Å²) in [6, 6.07) is 0. The fraction of sp³-hybridized carbons (Fsp3) is 0.759. The average Bonchev–Trinajstić information content (AvgIpc) is 2.81. The van der Waals surface area contributed by atoms with Gasteiger partial charge in [-0.3, -0.25) is 14.4 Å². The molecule has 9 atom stereocenters. The second-order valence-corrected chi connectivity index (χ2v) is 11.9. The summed E-state index contributed by atoms with van der Waals surface area (Å²) in [5.74, 6) is 4.09. The van der Waals surface area contributed by atoms with Gasteiger partial charge in [0.2, 0.25) is 5.91 Å². The Morgan fingerprint density at radius 3 is 2.67 bits per heavy atom. The van der Waals surface area contributed by atoms with Crippen molar-refractivity contribution < 1.29 is 14.4 Å². The number of hydrogen-bond donors (Lipinski definition) is 1. The van der Waals surface area contributed by atoms with Gasteiger partial charge in [-0.1, -0.05) is 31.9 Å². The molecule has 9 unspecified atom stereocenters. The van der Waals surface area contributed by atoms with Crippen LogP contribution >= 0.6 is 0 Å². The third-order valence-electron chi connectivity index (χ3n) is 9.89. The molecule has 5 rings (SSSR count). The molecule has 0 aliphatic heterocycles. The van der Waals surface area contributed by atoms with Crippen molar-refractivity contribution in [3.05, 3.63) is 23.8 Å². The molecule has 0 bridgehead atoms. The molecule has 0 heterocycles. The van der Waals surface area contributed by atoms with Crippen LogP contribution in [0.1, 0.15) is 78.1 Å². The molecule has 1 N–H and O–H groups in total. The molecule has 5 aliphatic carbocycles. The minimum atomic E-state index is 0.0695. The Bertz CT molecular complexity index is 857. The van der Waals surface area contributed by atoms with Crippen molar-refractivity contribution in [3.63, 3.8) is 0 Å². The first-order chi connectivity index (χ1) is 16.0. The van der Waals surface area contributed by atoms with Crippen molar-refractivity contribution in [1.29, 1.82) is 0 Å². The van der Waals surface area contributed by atoms with Gasteiger partial charge in [0.15, 0.2) is 11.6 Å². The van der Waals surface area contributed by atoms with E-state index in [1.807, 2.05) is 6.08 Å². The lowest BCUT2D eigenvalue weighted by atomic mass is 9.50. The Labute approximate surface area is 199 Å². The summed E-state index contributed by atoms with van der Waals surface area (Å²) in [6.45, 7) is 5.18. The molecule has 180 valence electrons. The van der Waals surface area contributed by atoms with Crippen LogP contribution < -0.4 is 5.32 Å². The van der Waals surface area contributed by atoms with Gasteiger partial charge in [0.05, 0.1) is 0 Å². The highest BCUT2D eigenvalue weighted by Crippen LogP contribution is 2.57. The molecule has 0 aromatic carbocycles. The lowest BCUT2D eigenvalue weighted by molar-refractivity contribution is -0.135. The number of carbonyl (C=O) groups is 3. The minimum Gasteiger partial charge on any atom is -0.356 e. The van der Waals surface area contributed by atoms with Gasteiger partial charge in [-0.25, -0.2) is 0 Å². The number of ketones is 2. The molecule has 4 heteroatoms. The van der Waals surface area contributed by atoms with E-state index in [4.69, 9.17) is 0 Å². The van der Waals surface area contributed by atoms with Crippen LogP contribution in [-0.4, -0.2) is 24.0 Å². The van der Waals surface area contributed by atoms with Gasteiger partial charge in [0, 0.05) is 30.7 Å². The van der Waals surface area contributed by atoms with Gasteiger partial charge in [0.25, 0.3) is 0 Å². The van der Waals surface area contributed by atoms with Crippen LogP contribution in [0.15, 0.2) is 23.8 Å². The van der Waals surface area contributed by atoms with Gasteiger partial charge in [-0.15, -0.1) is 0 Å². The zero-order chi connectivity index (χ0) is 23.1. The number of hydrogen-bond acceptors (Lipinski definition) is 3. The van der Waals surface area contributed by atoms with Crippen LogP contribution in [-0.2, 0) is 14.4 Å². The fourth-order valence-electron chi connectivity index (χ4n) is 8.31. The van der Waals surface area contributed by atoms with E-state index in [-0.39, 0.29) is 23.5 Å². The van der Waals surface area contributed by atoms with Crippen molar-refractivity contribution in [2.45, 2.75) is 78.1 Å². The maximum Gasteiger partial charge on any atom is 0.223 e. The van der Waals surface area contributed by atoms with E-state index < -0.39 is 0 Å². The molecule has 3 fully saturated rings. The summed E-state index contributed by atoms with van der Waals surface area (Å²) in [4.78, 5) is 38.5. The molecule has 1 amide bonds. The Kier molecular flexibility index (Phi) is 6.64. The molecular formula is C29H41NO3. The lowest BCUT2D eigenvalue weighted by Crippen LogP contribution is -2.50. The van der Waals surface area contributed by atoms with Crippen molar-refractivity contribution >= 4 is 17.5 Å². The van der Waals surface area contributed by atoms with Gasteiger partial charge in [-0.05, 0) is 99.0 Å². The number of nitrogens with one attached hydrogen (secondary N) is 1. The standard InChI is InChI=1S/C29H41NO3/c1-3-4-17(2)16-30-29(33)20-6-5-18-7-11-24-23-10-8-19-13-21(31)9-12-22(19)26(23)15-27(32)28(24)25(18)14-20/h9,12,15,17-20,22-25,28H,3-8,10-11,13-14,16H2,1-2H3,(H,30,33). The summed E-state index contributed by atoms with van der Waals surface area (Å²) >= 11 is 0. The van der Waals surface area contributed by atoms with Crippen molar-refractivity contribution in [2.24, 2.45) is 53.3 Å². The molecule has 0 spiro atoms. The van der Waals surface area contributed by atoms with E-state index in [1.165, 1.54) is 12.0 Å². The SMILES string of the molecule is CCCC(C)CNC(=O)C1CCC2CCC3C4CCC5CC(=O)C=CC5C4=CC(=O)C3C2C1. The molecule has 0 radical (unpaired) electrons. The van der Waals surface area contributed by atoms with Crippen LogP contribution in [0.25, 0.3) is 0 Å². The molecule has 5 aliphatic rings. The van der Waals surface area contributed by atoms with Crippen molar-refractivity contribution in [3.8, 4) is 0 Å². The van der Waals surface area contributed by atoms with E-state index >= 15 is 0 Å². The van der Waals surface area contributed by atoms with Crippen LogP contribution in [0.2, 0.25) is 0 Å². The van der Waals surface area contributed by atoms with Gasteiger partial charge >= 0.3 is 0 Å². The number of fused-ring (bicyclic) bond motifs is 7. The molecule has 0 saturated heterocycles. The first kappa shape index (κ1) is 23.1. The molecule has 0 aromatic rings. The smallest absolute Gasteiger partial charge is 0.223 e. The van der Waals surface area contributed by atoms with Crippen molar-refractivity contribution in [1.82, 2.24) is 5.32 Å². The second kappa shape index (κ2) is 9.50. The number of carbonyl (C=O) groups excluding carboxylic acids is 3. The van der Waals surface area contributed by atoms with E-state index in [9.17, 15) is 14.4 Å². The topological polar surface area (TPSA) is 63.2 Å². The minimum absolute atomic E-state index is 0.0695. The lowest BCUT2D eigenvalue weighted by Gasteiger charge is -2.53. The van der Waals surface area contributed by atoms with Crippen LogP contribution in [0.5, 0.6) is 0 Å². The molecule has 33 heavy (non-hydrogen) atoms. The predicted octanol–water partition coefficient (Wildman–Crippen LogP) is 5.28. The summed E-state index contributed by atoms with van der Waals surface area (Å²) in [6.07, 6.45) is 16.4. The summed E-state index contributed by atoms with van der Waals surface area (Å²) in [5.41, 5.74) is 1.33. The maximum atomic E-state index is 13.6. The molecule has 4 nitrogen and oxygen atoms in total. The highest BCUT2D eigenvalue weighted by molar-refractivity contribution is 5.95. The van der Waals surface area contributed by atoms with Gasteiger partial charge in [-0.2, -0.15) is 0 Å². The third-order valence-corrected chi connectivity index (χ3v) is 9.89. The largest absolute Gasteiger partial charge is 0.356 e. The number of rotatable bonds is 5. The summed E-state index contributed by atoms with van der Waals surface area (Å²) < 4.78 is 0. The van der Waals surface area contributed by atoms with Gasteiger partial charge in [0.1, 0.15) is 0 Å². The van der Waals surface area contributed by atoms with E-state index in [1.54, 1.807) is 6.08 Å². The summed E-state index contributed by atoms with van der Waals surface area (Å²) in [5, 5.41) is 3.22. The van der Waals surface area contributed by atoms with Crippen LogP contribution in [0, 0.1) is 53.3 Å². The van der Waals surface area contributed by atoms with Crippen LogP contribution in [0.3, 0.4) is 0 Å². The predicted molar refractivity (Wildman–Crippen MR) is 129 cm³/mol. The first-order valence-electron chi connectivity index (χ1n) is 13.7. The highest BCUT2D eigenvalue weighted by Gasteiger charge is 2.52. The average molecular weight is 452 g/mol. The maximum absolute atomic E-state index is 13.6. The zero-order valence-electron chi connectivity index (χ0n) is 20.4. The monoisotopic (exact) mass is 451 g/mol. The van der Waals surface area contributed by atoms with E-state index in [2.05, 4.69) is 25.2 Å². The van der Waals surface area contributed by atoms with E-state index in [0.29, 0.717) is 53.6 Å². The Morgan fingerprint density at radius 1 is 1.06 bits per heavy atom. The number of amides is 1. The Morgan fingerprint density at radius 2 is 1.85 bits per heavy atom. The van der Waals surface area contributed by atoms with E-state index in [0.717, 1.165) is 57.9 Å². The molecular weight excluding hydrogens is 410 g/mol. The second-order valence-electron chi connectivity index (χ2n) is 11.9. The molecule has 3 saturated carbocycles. The normalized spacial score (nSPS) is 40.6. The summed E-state index contributed by atoms with van der Waals surface area (Å²) in [7, 11) is 0. The third kappa shape index (κ3) is 4.39. The number of allylic oxidation sites excluding steroid dienone is 4. The highest BCUT2D eigenvalue weighted by atomic mass is 16.2. The Balaban J connectivity index is 1.31. The van der Waals surface area contributed by atoms with Gasteiger partial charge < -0.3 is 5.32 Å². The fourth-order valence-corrected chi connectivity index (χ4v) is 8.31. The first-order valence-corrected chi connectivity index (χ1v) is 13.7.